The van der Waals surface area contributed by atoms with E-state index in [2.05, 4.69) is 25.2 Å². The second kappa shape index (κ2) is 3.10. The van der Waals surface area contributed by atoms with Crippen LogP contribution >= 0.6 is 11.8 Å². The van der Waals surface area contributed by atoms with Gasteiger partial charge in [0.25, 0.3) is 0 Å². The number of thioether (sulfide) groups is 1. The second-order valence-corrected chi connectivity index (χ2v) is 3.17. The first-order chi connectivity index (χ1) is 4.75. The summed E-state index contributed by atoms with van der Waals surface area (Å²) < 4.78 is 2.01. The van der Waals surface area contributed by atoms with Crippen molar-refractivity contribution >= 4 is 11.8 Å². The Balaban J connectivity index is 2.83. The van der Waals surface area contributed by atoms with Crippen LogP contribution in [0.1, 0.15) is 11.3 Å². The van der Waals surface area contributed by atoms with E-state index in [1.165, 1.54) is 11.3 Å². The lowest BCUT2D eigenvalue weighted by molar-refractivity contribution is 0.724. The van der Waals surface area contributed by atoms with Crippen molar-refractivity contribution in [2.24, 2.45) is 0 Å². The monoisotopic (exact) mass is 156 g/mol. The predicted octanol–water partition coefficient (Wildman–Crippen LogP) is 1.82. The van der Waals surface area contributed by atoms with Crippen molar-refractivity contribution in [3.63, 3.8) is 0 Å². The largest absolute Gasteiger partial charge is 0.260 e. The minimum absolute atomic E-state index is 0.958. The molecule has 1 aromatic heterocycles. The molecule has 0 saturated heterocycles. The molecule has 0 aliphatic rings. The summed E-state index contributed by atoms with van der Waals surface area (Å²) in [7, 11) is 0. The van der Waals surface area contributed by atoms with Crippen molar-refractivity contribution < 1.29 is 0 Å². The zero-order valence-corrected chi connectivity index (χ0v) is 7.40. The topological polar surface area (TPSA) is 17.8 Å². The van der Waals surface area contributed by atoms with Gasteiger partial charge in [-0.3, -0.25) is 4.68 Å². The van der Waals surface area contributed by atoms with Gasteiger partial charge in [0.2, 0.25) is 0 Å². The van der Waals surface area contributed by atoms with Crippen molar-refractivity contribution in [1.29, 1.82) is 0 Å². The molecular weight excluding hydrogens is 144 g/mol. The smallest absolute Gasteiger partial charge is 0.0863 e. The average Bonchev–Trinajstić information content (AvgIpc) is 2.20. The van der Waals surface area contributed by atoms with Gasteiger partial charge in [-0.15, -0.1) is 11.8 Å². The highest BCUT2D eigenvalue weighted by atomic mass is 32.2. The van der Waals surface area contributed by atoms with Gasteiger partial charge in [0.15, 0.2) is 0 Å². The Morgan fingerprint density at radius 1 is 1.60 bits per heavy atom. The van der Waals surface area contributed by atoms with Crippen LogP contribution < -0.4 is 0 Å². The van der Waals surface area contributed by atoms with E-state index < -0.39 is 0 Å². The Morgan fingerprint density at radius 2 is 2.30 bits per heavy atom. The maximum atomic E-state index is 4.20. The summed E-state index contributed by atoms with van der Waals surface area (Å²) in [5.74, 6) is 0.958. The number of aryl methyl sites for hydroxylation is 1. The first kappa shape index (κ1) is 7.66. The van der Waals surface area contributed by atoms with Gasteiger partial charge in [0.1, 0.15) is 0 Å². The molecule has 0 bridgehead atoms. The third kappa shape index (κ3) is 1.34. The minimum atomic E-state index is 0.958. The molecule has 0 spiro atoms. The van der Waals surface area contributed by atoms with Crippen LogP contribution in [-0.4, -0.2) is 16.0 Å². The van der Waals surface area contributed by atoms with Crippen LogP contribution in [0.5, 0.6) is 0 Å². The van der Waals surface area contributed by atoms with Gasteiger partial charge >= 0.3 is 0 Å². The molecule has 0 fully saturated rings. The van der Waals surface area contributed by atoms with Crippen molar-refractivity contribution in [3.8, 4) is 0 Å². The lowest BCUT2D eigenvalue weighted by Gasteiger charge is -1.99. The molecule has 56 valence electrons. The van der Waals surface area contributed by atoms with Crippen LogP contribution in [0.15, 0.2) is 6.20 Å². The van der Waals surface area contributed by atoms with Gasteiger partial charge in [-0.05, 0) is 25.7 Å². The molecule has 0 aliphatic carbocycles. The molecule has 0 unspecified atom stereocenters. The fraction of sp³-hybridized carbons (Fsp3) is 0.571. The van der Waals surface area contributed by atoms with Gasteiger partial charge in [-0.1, -0.05) is 0 Å². The Labute approximate surface area is 65.6 Å². The zero-order valence-electron chi connectivity index (χ0n) is 6.59. The molecule has 1 aromatic rings. The average molecular weight is 156 g/mol. The third-order valence-corrected chi connectivity index (χ3v) is 2.10. The Hall–Kier alpha value is -0.440. The van der Waals surface area contributed by atoms with E-state index in [0.29, 0.717) is 0 Å². The van der Waals surface area contributed by atoms with Crippen molar-refractivity contribution in [2.45, 2.75) is 19.7 Å². The van der Waals surface area contributed by atoms with Crippen molar-refractivity contribution in [3.05, 3.63) is 17.5 Å². The lowest BCUT2D eigenvalue weighted by atomic mass is 10.3. The van der Waals surface area contributed by atoms with Gasteiger partial charge < -0.3 is 0 Å². The summed E-state index contributed by atoms with van der Waals surface area (Å²) in [4.78, 5) is 0. The highest BCUT2D eigenvalue weighted by molar-refractivity contribution is 7.97. The molecule has 0 amide bonds. The summed E-state index contributed by atoms with van der Waals surface area (Å²) in [6.07, 6.45) is 3.99. The van der Waals surface area contributed by atoms with Crippen LogP contribution in [0.3, 0.4) is 0 Å². The molecule has 0 atom stereocenters. The summed E-state index contributed by atoms with van der Waals surface area (Å²) in [6.45, 7) is 4.18. The molecule has 0 saturated carbocycles. The maximum Gasteiger partial charge on any atom is 0.0863 e. The Kier molecular flexibility index (Phi) is 2.38. The molecule has 0 radical (unpaired) electrons. The number of aromatic nitrogens is 2. The standard InChI is InChI=1S/C7H12N2S/c1-6-4-8-9(5-10-3)7(6)2/h4H,5H2,1-3H3. The molecule has 10 heavy (non-hydrogen) atoms. The molecule has 0 aliphatic heterocycles. The molecule has 0 aromatic carbocycles. The number of rotatable bonds is 2. The predicted molar refractivity (Wildman–Crippen MR) is 45.2 cm³/mol. The Morgan fingerprint density at radius 3 is 2.70 bits per heavy atom. The molecule has 0 N–H and O–H groups in total. The number of hydrogen-bond acceptors (Lipinski definition) is 2. The SMILES string of the molecule is CSCn1ncc(C)c1C. The normalized spacial score (nSPS) is 10.3. The molecule has 3 heteroatoms. The minimum Gasteiger partial charge on any atom is -0.260 e. The number of nitrogens with zero attached hydrogens (tertiary/aromatic N) is 2. The third-order valence-electron chi connectivity index (χ3n) is 1.60. The Bertz CT molecular complexity index is 217. The fourth-order valence-electron chi connectivity index (χ4n) is 0.792. The van der Waals surface area contributed by atoms with Gasteiger partial charge in [-0.2, -0.15) is 5.10 Å². The van der Waals surface area contributed by atoms with Crippen LogP contribution in [0.2, 0.25) is 0 Å². The molecular formula is C7H12N2S. The fourth-order valence-corrected chi connectivity index (χ4v) is 1.30. The van der Waals surface area contributed by atoms with Gasteiger partial charge in [-0.25, -0.2) is 0 Å². The summed E-state index contributed by atoms with van der Waals surface area (Å²) in [5.41, 5.74) is 2.54. The van der Waals surface area contributed by atoms with Crippen molar-refractivity contribution in [1.82, 2.24) is 9.78 Å². The van der Waals surface area contributed by atoms with Crippen molar-refractivity contribution in [2.75, 3.05) is 6.26 Å². The van der Waals surface area contributed by atoms with E-state index in [9.17, 15) is 0 Å². The molecule has 1 rings (SSSR count). The summed E-state index contributed by atoms with van der Waals surface area (Å²) >= 11 is 1.78. The maximum absolute atomic E-state index is 4.20. The van der Waals surface area contributed by atoms with E-state index in [4.69, 9.17) is 0 Å². The van der Waals surface area contributed by atoms with E-state index in [-0.39, 0.29) is 0 Å². The van der Waals surface area contributed by atoms with Gasteiger partial charge in [0, 0.05) is 5.69 Å². The highest BCUT2D eigenvalue weighted by Gasteiger charge is 1.98. The van der Waals surface area contributed by atoms with Crippen LogP contribution in [0, 0.1) is 13.8 Å². The van der Waals surface area contributed by atoms with Gasteiger partial charge in [0.05, 0.1) is 12.1 Å². The van der Waals surface area contributed by atoms with Crippen LogP contribution in [0.25, 0.3) is 0 Å². The first-order valence-electron chi connectivity index (χ1n) is 3.23. The van der Waals surface area contributed by atoms with E-state index in [1.807, 2.05) is 10.9 Å². The first-order valence-corrected chi connectivity index (χ1v) is 4.63. The van der Waals surface area contributed by atoms with E-state index in [1.54, 1.807) is 11.8 Å². The van der Waals surface area contributed by atoms with Crippen LogP contribution in [-0.2, 0) is 5.88 Å². The highest BCUT2D eigenvalue weighted by Crippen LogP contribution is 2.07. The molecule has 1 heterocycles. The number of hydrogen-bond donors (Lipinski definition) is 0. The summed E-state index contributed by atoms with van der Waals surface area (Å²) in [6, 6.07) is 0. The zero-order chi connectivity index (χ0) is 7.56. The quantitative estimate of drug-likeness (QED) is 0.650. The van der Waals surface area contributed by atoms with Crippen LogP contribution in [0.4, 0.5) is 0 Å². The van der Waals surface area contributed by atoms with E-state index in [0.717, 1.165) is 5.88 Å². The molecule has 2 nitrogen and oxygen atoms in total. The lowest BCUT2D eigenvalue weighted by Crippen LogP contribution is -1.98. The second-order valence-electron chi connectivity index (χ2n) is 2.33. The van der Waals surface area contributed by atoms with E-state index >= 15 is 0 Å². The summed E-state index contributed by atoms with van der Waals surface area (Å²) in [5, 5.41) is 4.20.